The fourth-order valence-electron chi connectivity index (χ4n) is 6.48. The van der Waals surface area contributed by atoms with Crippen LogP contribution in [0.4, 0.5) is 11.4 Å². The van der Waals surface area contributed by atoms with Gasteiger partial charge in [-0.05, 0) is 54.2 Å². The molecule has 2 fully saturated rings. The molecule has 1 saturated heterocycles. The van der Waals surface area contributed by atoms with Crippen molar-refractivity contribution in [3.8, 4) is 0 Å². The number of non-ortho nitro benzene ring substituents is 1. The molecule has 3 aliphatic heterocycles. The second kappa shape index (κ2) is 11.0. The summed E-state index contributed by atoms with van der Waals surface area (Å²) in [4.78, 5) is 52.1. The smallest absolute Gasteiger partial charge is 0.269 e. The summed E-state index contributed by atoms with van der Waals surface area (Å²) in [6, 6.07) is 22.4. The summed E-state index contributed by atoms with van der Waals surface area (Å²) >= 11 is 0. The molecule has 3 amide bonds. The van der Waals surface area contributed by atoms with E-state index in [4.69, 9.17) is 5.10 Å². The first-order valence-corrected chi connectivity index (χ1v) is 14.4. The van der Waals surface area contributed by atoms with Gasteiger partial charge < -0.3 is 0 Å². The van der Waals surface area contributed by atoms with Gasteiger partial charge in [-0.2, -0.15) is 10.2 Å². The highest BCUT2D eigenvalue weighted by Gasteiger charge is 2.55. The molecule has 0 spiro atoms. The molecule has 0 N–H and O–H groups in total. The van der Waals surface area contributed by atoms with E-state index in [-0.39, 0.29) is 35.8 Å². The van der Waals surface area contributed by atoms with Crippen LogP contribution in [0.15, 0.2) is 106 Å². The number of hydrogen-bond acceptors (Lipinski definition) is 9. The molecular weight excluding hydrogens is 562 g/mol. The minimum Gasteiger partial charge on any atom is -0.271 e. The summed E-state index contributed by atoms with van der Waals surface area (Å²) < 4.78 is 0. The third-order valence-electron chi connectivity index (χ3n) is 8.51. The molecular formula is C32H27N7O5. The van der Waals surface area contributed by atoms with E-state index in [2.05, 4.69) is 16.4 Å². The van der Waals surface area contributed by atoms with Crippen molar-refractivity contribution in [3.05, 3.63) is 112 Å². The monoisotopic (exact) mass is 589 g/mol. The number of nitro benzene ring substituents is 1. The maximum absolute atomic E-state index is 14.0. The third kappa shape index (κ3) is 4.64. The molecule has 3 aromatic rings. The number of benzene rings is 3. The number of nitro groups is 1. The SMILES string of the molecule is O=C1[C@@H]2[C@@H](N=NN2CC(=O)N2N=C3/C(=C/c4ccccc4)CCC[C@@H]3[C@H]2c2ccccc2)C(=O)N1c1ccc([N+](=O)[O-])cc1. The van der Waals surface area contributed by atoms with Crippen molar-refractivity contribution >= 4 is 40.9 Å². The minimum atomic E-state index is -1.11. The Labute approximate surface area is 252 Å². The Bertz CT molecular complexity index is 1740. The average molecular weight is 590 g/mol. The maximum atomic E-state index is 14.0. The topological polar surface area (TPSA) is 141 Å². The molecule has 3 aromatic carbocycles. The highest BCUT2D eigenvalue weighted by atomic mass is 16.6. The zero-order chi connectivity index (χ0) is 30.4. The van der Waals surface area contributed by atoms with Gasteiger partial charge in [-0.15, -0.1) is 0 Å². The van der Waals surface area contributed by atoms with E-state index < -0.39 is 28.8 Å². The molecule has 220 valence electrons. The number of hydrazone groups is 1. The summed E-state index contributed by atoms with van der Waals surface area (Å²) in [7, 11) is 0. The molecule has 0 aromatic heterocycles. The van der Waals surface area contributed by atoms with Crippen LogP contribution in [-0.2, 0) is 14.4 Å². The lowest BCUT2D eigenvalue weighted by Crippen LogP contribution is -2.45. The van der Waals surface area contributed by atoms with Crippen LogP contribution in [0.1, 0.15) is 36.4 Å². The highest BCUT2D eigenvalue weighted by molar-refractivity contribution is 6.25. The van der Waals surface area contributed by atoms with E-state index in [1.54, 1.807) is 0 Å². The van der Waals surface area contributed by atoms with E-state index >= 15 is 0 Å². The van der Waals surface area contributed by atoms with Gasteiger partial charge in [0.15, 0.2) is 12.1 Å². The van der Waals surface area contributed by atoms with Gasteiger partial charge in [-0.3, -0.25) is 29.5 Å². The number of carbonyl (C=O) groups is 3. The number of nitrogens with zero attached hydrogens (tertiary/aromatic N) is 7. The molecule has 44 heavy (non-hydrogen) atoms. The normalized spacial score (nSPS) is 25.0. The standard InChI is InChI=1S/C32H27N7O5/c40-26(19-36-30-28(33-35-36)31(41)37(32(30)42)23-14-16-24(17-15-23)39(43)44)38-29(21-10-5-2-6-11-21)25-13-7-12-22(27(25)34-38)18-20-8-3-1-4-9-20/h1-6,8-11,14-18,25,28-30H,7,12-13,19H2/b22-18+/t25-,28+,29+,30-/m0/s1. The lowest BCUT2D eigenvalue weighted by atomic mass is 9.77. The van der Waals surface area contributed by atoms with Crippen molar-refractivity contribution in [1.82, 2.24) is 10.0 Å². The predicted octanol–water partition coefficient (Wildman–Crippen LogP) is 4.71. The Balaban J connectivity index is 1.16. The van der Waals surface area contributed by atoms with Crippen molar-refractivity contribution in [2.45, 2.75) is 37.4 Å². The lowest BCUT2D eigenvalue weighted by Gasteiger charge is -2.30. The van der Waals surface area contributed by atoms with Crippen molar-refractivity contribution in [3.63, 3.8) is 0 Å². The van der Waals surface area contributed by atoms with Crippen LogP contribution < -0.4 is 4.90 Å². The van der Waals surface area contributed by atoms with Gasteiger partial charge in [0.05, 0.1) is 22.4 Å². The summed E-state index contributed by atoms with van der Waals surface area (Å²) in [5, 5.41) is 26.8. The molecule has 4 aliphatic rings. The number of allylic oxidation sites excluding steroid dienone is 1. The van der Waals surface area contributed by atoms with Gasteiger partial charge in [0.1, 0.15) is 6.54 Å². The molecule has 12 nitrogen and oxygen atoms in total. The summed E-state index contributed by atoms with van der Waals surface area (Å²) in [6.45, 7) is -0.303. The van der Waals surface area contributed by atoms with Crippen LogP contribution in [0.2, 0.25) is 0 Å². The van der Waals surface area contributed by atoms with Crippen LogP contribution in [0.3, 0.4) is 0 Å². The molecule has 1 aliphatic carbocycles. The molecule has 4 atom stereocenters. The number of imide groups is 1. The van der Waals surface area contributed by atoms with Crippen molar-refractivity contribution in [1.29, 1.82) is 0 Å². The molecule has 0 unspecified atom stereocenters. The Kier molecular flexibility index (Phi) is 6.80. The van der Waals surface area contributed by atoms with E-state index in [0.717, 1.165) is 46.6 Å². The summed E-state index contributed by atoms with van der Waals surface area (Å²) in [6.07, 6.45) is 4.83. The molecule has 7 rings (SSSR count). The van der Waals surface area contributed by atoms with Crippen LogP contribution >= 0.6 is 0 Å². The van der Waals surface area contributed by atoms with Gasteiger partial charge in [0.25, 0.3) is 23.4 Å². The zero-order valence-corrected chi connectivity index (χ0v) is 23.5. The molecule has 0 bridgehead atoms. The summed E-state index contributed by atoms with van der Waals surface area (Å²) in [5.74, 6) is -1.56. The van der Waals surface area contributed by atoms with E-state index in [0.29, 0.717) is 0 Å². The molecule has 3 heterocycles. The van der Waals surface area contributed by atoms with Crippen molar-refractivity contribution < 1.29 is 19.3 Å². The zero-order valence-electron chi connectivity index (χ0n) is 23.5. The number of hydrogen-bond donors (Lipinski definition) is 0. The first-order valence-electron chi connectivity index (χ1n) is 14.4. The van der Waals surface area contributed by atoms with E-state index in [1.807, 2.05) is 60.7 Å². The highest BCUT2D eigenvalue weighted by Crippen LogP contribution is 2.44. The second-order valence-corrected chi connectivity index (χ2v) is 11.1. The number of rotatable bonds is 6. The quantitative estimate of drug-likeness (QED) is 0.232. The number of anilines is 1. The molecule has 1 saturated carbocycles. The van der Waals surface area contributed by atoms with Gasteiger partial charge in [0.2, 0.25) is 0 Å². The van der Waals surface area contributed by atoms with E-state index in [9.17, 15) is 24.5 Å². The Morgan fingerprint density at radius 2 is 1.64 bits per heavy atom. The number of carbonyl (C=O) groups excluding carboxylic acids is 3. The maximum Gasteiger partial charge on any atom is 0.269 e. The second-order valence-electron chi connectivity index (χ2n) is 11.1. The Morgan fingerprint density at radius 1 is 0.932 bits per heavy atom. The van der Waals surface area contributed by atoms with Crippen LogP contribution in [-0.4, -0.2) is 57.0 Å². The fraction of sp³-hybridized carbons (Fsp3) is 0.250. The number of fused-ring (bicyclic) bond motifs is 2. The van der Waals surface area contributed by atoms with Crippen molar-refractivity contribution in [2.75, 3.05) is 11.4 Å². The Hall–Kier alpha value is -5.52. The number of amides is 3. The molecule has 12 heteroatoms. The van der Waals surface area contributed by atoms with Gasteiger partial charge >= 0.3 is 0 Å². The van der Waals surface area contributed by atoms with Gasteiger partial charge in [-0.1, -0.05) is 65.9 Å². The van der Waals surface area contributed by atoms with Crippen LogP contribution in [0.25, 0.3) is 6.08 Å². The Morgan fingerprint density at radius 3 is 2.34 bits per heavy atom. The van der Waals surface area contributed by atoms with Gasteiger partial charge in [0, 0.05) is 18.1 Å². The van der Waals surface area contributed by atoms with Crippen molar-refractivity contribution in [2.24, 2.45) is 21.4 Å². The fourth-order valence-corrected chi connectivity index (χ4v) is 6.48. The third-order valence-corrected chi connectivity index (χ3v) is 8.51. The van der Waals surface area contributed by atoms with Crippen LogP contribution in [0.5, 0.6) is 0 Å². The predicted molar refractivity (Wildman–Crippen MR) is 160 cm³/mol. The van der Waals surface area contributed by atoms with Crippen LogP contribution in [0, 0.1) is 16.0 Å². The minimum absolute atomic E-state index is 0.00494. The molecule has 0 radical (unpaired) electrons. The first kappa shape index (κ1) is 27.3. The average Bonchev–Trinajstić information content (AvgIpc) is 3.71. The lowest BCUT2D eigenvalue weighted by molar-refractivity contribution is -0.384. The largest absolute Gasteiger partial charge is 0.271 e. The van der Waals surface area contributed by atoms with E-state index in [1.165, 1.54) is 34.3 Å². The summed E-state index contributed by atoms with van der Waals surface area (Å²) in [5.41, 5.74) is 4.04. The van der Waals surface area contributed by atoms with Gasteiger partial charge in [-0.25, -0.2) is 9.91 Å². The first-order chi connectivity index (χ1) is 21.4.